The molecule has 4 heterocycles. The predicted octanol–water partition coefficient (Wildman–Crippen LogP) is 3.13. The van der Waals surface area contributed by atoms with E-state index in [1.54, 1.807) is 0 Å². The van der Waals surface area contributed by atoms with Crippen molar-refractivity contribution in [2.75, 3.05) is 26.3 Å². The zero-order chi connectivity index (χ0) is 18.2. The quantitative estimate of drug-likeness (QED) is 0.615. The Morgan fingerprint density at radius 1 is 1.04 bits per heavy atom. The SMILES string of the molecule is ClC1CC2C(CN1)C1NCCCC1N2[C@H](c1ccccc1)C1CCOCC1. The second-order valence-electron chi connectivity index (χ2n) is 8.78. The maximum Gasteiger partial charge on any atom is 0.0840 e. The Morgan fingerprint density at radius 3 is 2.67 bits per heavy atom. The average molecular weight is 390 g/mol. The largest absolute Gasteiger partial charge is 0.381 e. The molecule has 6 atom stereocenters. The lowest BCUT2D eigenvalue weighted by atomic mass is 9.84. The van der Waals surface area contributed by atoms with Crippen molar-refractivity contribution in [2.24, 2.45) is 11.8 Å². The molecule has 4 fully saturated rings. The molecule has 0 bridgehead atoms. The number of halogens is 1. The maximum atomic E-state index is 6.60. The summed E-state index contributed by atoms with van der Waals surface area (Å²) in [5.74, 6) is 1.34. The summed E-state index contributed by atoms with van der Waals surface area (Å²) < 4.78 is 5.72. The summed E-state index contributed by atoms with van der Waals surface area (Å²) in [5.41, 5.74) is 1.58. The number of ether oxygens (including phenoxy) is 1. The van der Waals surface area contributed by atoms with Gasteiger partial charge in [0.25, 0.3) is 0 Å². The number of piperidine rings is 2. The third-order valence-electron chi connectivity index (χ3n) is 7.39. The number of nitrogens with one attached hydrogen (secondary N) is 2. The molecule has 4 aliphatic heterocycles. The van der Waals surface area contributed by atoms with Crippen molar-refractivity contribution in [3.8, 4) is 0 Å². The van der Waals surface area contributed by atoms with Crippen LogP contribution in [0.1, 0.15) is 43.7 Å². The number of nitrogens with zero attached hydrogens (tertiary/aromatic N) is 1. The molecule has 2 N–H and O–H groups in total. The molecule has 5 rings (SSSR count). The van der Waals surface area contributed by atoms with Gasteiger partial charge in [-0.05, 0) is 50.1 Å². The molecule has 0 spiro atoms. The first-order chi connectivity index (χ1) is 13.3. The Labute approximate surface area is 168 Å². The minimum absolute atomic E-state index is 0.0972. The van der Waals surface area contributed by atoms with Crippen LogP contribution < -0.4 is 10.6 Å². The molecule has 1 aromatic carbocycles. The number of fused-ring (bicyclic) bond motifs is 3. The second kappa shape index (κ2) is 8.00. The van der Waals surface area contributed by atoms with E-state index in [4.69, 9.17) is 16.3 Å². The van der Waals surface area contributed by atoms with Crippen LogP contribution in [0, 0.1) is 11.8 Å². The summed E-state index contributed by atoms with van der Waals surface area (Å²) in [6, 6.07) is 13.5. The fraction of sp³-hybridized carbons (Fsp3) is 0.727. The fourth-order valence-corrected chi connectivity index (χ4v) is 6.55. The molecule has 0 aromatic heterocycles. The average Bonchev–Trinajstić information content (AvgIpc) is 3.04. The molecule has 5 unspecified atom stereocenters. The van der Waals surface area contributed by atoms with Gasteiger partial charge in [-0.2, -0.15) is 0 Å². The van der Waals surface area contributed by atoms with Gasteiger partial charge in [0, 0.05) is 49.8 Å². The molecule has 4 aliphatic rings. The van der Waals surface area contributed by atoms with Crippen LogP contribution >= 0.6 is 11.6 Å². The van der Waals surface area contributed by atoms with E-state index in [9.17, 15) is 0 Å². The summed E-state index contributed by atoms with van der Waals surface area (Å²) in [4.78, 5) is 2.92. The van der Waals surface area contributed by atoms with Crippen molar-refractivity contribution in [2.45, 2.75) is 61.8 Å². The standard InChI is InChI=1S/C22H32ClN3O/c23-20-13-19-17(14-25-20)21-18(7-4-10-24-21)26(19)22(15-5-2-1-3-6-15)16-8-11-27-12-9-16/h1-3,5-6,16-22,24-25H,4,7-14H2/t17?,18?,19?,20?,21?,22-/m1/s1. The molecule has 5 heteroatoms. The number of hydrogen-bond acceptors (Lipinski definition) is 4. The molecule has 0 saturated carbocycles. The summed E-state index contributed by atoms with van der Waals surface area (Å²) in [6.07, 6.45) is 5.98. The van der Waals surface area contributed by atoms with E-state index >= 15 is 0 Å². The van der Waals surface area contributed by atoms with Crippen LogP contribution in [0.15, 0.2) is 30.3 Å². The zero-order valence-corrected chi connectivity index (χ0v) is 16.8. The number of benzene rings is 1. The van der Waals surface area contributed by atoms with Gasteiger partial charge in [-0.25, -0.2) is 0 Å². The van der Waals surface area contributed by atoms with E-state index in [-0.39, 0.29) is 5.50 Å². The summed E-state index contributed by atoms with van der Waals surface area (Å²) in [7, 11) is 0. The van der Waals surface area contributed by atoms with Crippen molar-refractivity contribution in [1.82, 2.24) is 15.5 Å². The zero-order valence-electron chi connectivity index (χ0n) is 16.0. The first kappa shape index (κ1) is 18.4. The lowest BCUT2D eigenvalue weighted by Gasteiger charge is -2.45. The highest BCUT2D eigenvalue weighted by molar-refractivity contribution is 6.20. The van der Waals surface area contributed by atoms with E-state index in [0.717, 1.165) is 32.7 Å². The number of alkyl halides is 1. The third kappa shape index (κ3) is 3.44. The van der Waals surface area contributed by atoms with Gasteiger partial charge in [0.1, 0.15) is 0 Å². The van der Waals surface area contributed by atoms with Gasteiger partial charge < -0.3 is 15.4 Å². The Kier molecular flexibility index (Phi) is 5.45. The topological polar surface area (TPSA) is 36.5 Å². The highest BCUT2D eigenvalue weighted by Gasteiger charge is 2.54. The highest BCUT2D eigenvalue weighted by atomic mass is 35.5. The van der Waals surface area contributed by atoms with Gasteiger partial charge in [-0.15, -0.1) is 11.6 Å². The van der Waals surface area contributed by atoms with Crippen LogP contribution in [0.3, 0.4) is 0 Å². The summed E-state index contributed by atoms with van der Waals surface area (Å²) >= 11 is 6.60. The van der Waals surface area contributed by atoms with Crippen molar-refractivity contribution >= 4 is 11.6 Å². The first-order valence-electron chi connectivity index (χ1n) is 10.8. The van der Waals surface area contributed by atoms with Crippen molar-refractivity contribution in [3.63, 3.8) is 0 Å². The molecule has 27 heavy (non-hydrogen) atoms. The molecular weight excluding hydrogens is 358 g/mol. The van der Waals surface area contributed by atoms with Crippen LogP contribution in [0.25, 0.3) is 0 Å². The maximum absolute atomic E-state index is 6.60. The van der Waals surface area contributed by atoms with Crippen molar-refractivity contribution in [1.29, 1.82) is 0 Å². The number of likely N-dealkylation sites (tertiary alicyclic amines) is 1. The number of hydrogen-bond donors (Lipinski definition) is 2. The lowest BCUT2D eigenvalue weighted by Crippen LogP contribution is -2.51. The van der Waals surface area contributed by atoms with E-state index in [1.165, 1.54) is 31.2 Å². The van der Waals surface area contributed by atoms with Crippen LogP contribution in [0.4, 0.5) is 0 Å². The Bertz CT molecular complexity index is 623. The summed E-state index contributed by atoms with van der Waals surface area (Å²) in [5, 5.41) is 7.43. The minimum atomic E-state index is 0.0972. The van der Waals surface area contributed by atoms with E-state index < -0.39 is 0 Å². The first-order valence-corrected chi connectivity index (χ1v) is 11.3. The van der Waals surface area contributed by atoms with Gasteiger partial charge in [0.2, 0.25) is 0 Å². The smallest absolute Gasteiger partial charge is 0.0840 e. The lowest BCUT2D eigenvalue weighted by molar-refractivity contribution is -0.00216. The molecule has 4 nitrogen and oxygen atoms in total. The molecule has 148 valence electrons. The van der Waals surface area contributed by atoms with Gasteiger partial charge in [-0.3, -0.25) is 4.90 Å². The highest BCUT2D eigenvalue weighted by Crippen LogP contribution is 2.47. The van der Waals surface area contributed by atoms with E-state index in [0.29, 0.717) is 36.0 Å². The number of rotatable bonds is 3. The van der Waals surface area contributed by atoms with E-state index in [2.05, 4.69) is 45.9 Å². The normalized spacial score (nSPS) is 38.9. The minimum Gasteiger partial charge on any atom is -0.381 e. The molecule has 0 amide bonds. The van der Waals surface area contributed by atoms with Gasteiger partial charge in [0.05, 0.1) is 5.50 Å². The summed E-state index contributed by atoms with van der Waals surface area (Å²) in [6.45, 7) is 4.01. The van der Waals surface area contributed by atoms with Crippen LogP contribution in [0.2, 0.25) is 0 Å². The van der Waals surface area contributed by atoms with Crippen molar-refractivity contribution in [3.05, 3.63) is 35.9 Å². The molecule has 0 radical (unpaired) electrons. The predicted molar refractivity (Wildman–Crippen MR) is 109 cm³/mol. The van der Waals surface area contributed by atoms with Crippen molar-refractivity contribution < 1.29 is 4.74 Å². The van der Waals surface area contributed by atoms with Crippen LogP contribution in [-0.4, -0.2) is 54.8 Å². The van der Waals surface area contributed by atoms with Crippen LogP contribution in [-0.2, 0) is 4.74 Å². The van der Waals surface area contributed by atoms with E-state index in [1.807, 2.05) is 0 Å². The Balaban J connectivity index is 1.53. The molecule has 1 aromatic rings. The third-order valence-corrected chi connectivity index (χ3v) is 7.72. The fourth-order valence-electron chi connectivity index (χ4n) is 6.27. The van der Waals surface area contributed by atoms with Crippen LogP contribution in [0.5, 0.6) is 0 Å². The molecule has 0 aliphatic carbocycles. The molecule has 4 saturated heterocycles. The van der Waals surface area contributed by atoms with Gasteiger partial charge in [-0.1, -0.05) is 30.3 Å². The molecular formula is C22H32ClN3O. The van der Waals surface area contributed by atoms with Gasteiger partial charge in [0.15, 0.2) is 0 Å². The monoisotopic (exact) mass is 389 g/mol. The second-order valence-corrected chi connectivity index (χ2v) is 9.31. The Morgan fingerprint density at radius 2 is 1.85 bits per heavy atom. The van der Waals surface area contributed by atoms with Gasteiger partial charge >= 0.3 is 0 Å². The Hall–Kier alpha value is -0.650.